The van der Waals surface area contributed by atoms with E-state index in [-0.39, 0.29) is 18.4 Å². The molecule has 0 saturated carbocycles. The Labute approximate surface area is 149 Å². The van der Waals surface area contributed by atoms with E-state index in [4.69, 9.17) is 0 Å². The maximum absolute atomic E-state index is 12.3. The summed E-state index contributed by atoms with van der Waals surface area (Å²) in [5.74, 6) is 0.162. The number of aromatic hydroxyl groups is 1. The summed E-state index contributed by atoms with van der Waals surface area (Å²) >= 11 is 0. The minimum Gasteiger partial charge on any atom is -0.506 e. The molecule has 25 heavy (non-hydrogen) atoms. The number of piperazine rings is 1. The molecule has 0 unspecified atom stereocenters. The number of amides is 2. The number of phenolic OH excluding ortho intramolecular Hbond substituents is 1. The van der Waals surface area contributed by atoms with Gasteiger partial charge in [-0.05, 0) is 18.6 Å². The van der Waals surface area contributed by atoms with Crippen LogP contribution in [-0.2, 0) is 9.59 Å². The third-order valence-corrected chi connectivity index (χ3v) is 4.47. The van der Waals surface area contributed by atoms with E-state index < -0.39 is 0 Å². The first-order chi connectivity index (χ1) is 12.0. The second-order valence-electron chi connectivity index (χ2n) is 6.50. The number of anilines is 1. The lowest BCUT2D eigenvalue weighted by Gasteiger charge is -2.34. The highest BCUT2D eigenvalue weighted by atomic mass is 16.3. The predicted octanol–water partition coefficient (Wildman–Crippen LogP) is -0.918. The number of hydrogen-bond acceptors (Lipinski definition) is 4. The van der Waals surface area contributed by atoms with Crippen LogP contribution in [0.4, 0.5) is 5.69 Å². The largest absolute Gasteiger partial charge is 0.506 e. The SMILES string of the molecule is CCCNC(=O)CN(C)C(=O)C[NH+]1CCN(c2ccccc2O)CC1. The summed E-state index contributed by atoms with van der Waals surface area (Å²) in [7, 11) is 1.67. The van der Waals surface area contributed by atoms with Crippen molar-refractivity contribution in [1.29, 1.82) is 0 Å². The molecule has 1 fully saturated rings. The summed E-state index contributed by atoms with van der Waals surface area (Å²) in [6, 6.07) is 7.33. The van der Waals surface area contributed by atoms with Gasteiger partial charge in [-0.15, -0.1) is 0 Å². The maximum atomic E-state index is 12.3. The molecule has 3 N–H and O–H groups in total. The predicted molar refractivity (Wildman–Crippen MR) is 96.8 cm³/mol. The van der Waals surface area contributed by atoms with Gasteiger partial charge in [0, 0.05) is 13.6 Å². The van der Waals surface area contributed by atoms with Gasteiger partial charge in [0.05, 0.1) is 38.4 Å². The van der Waals surface area contributed by atoms with Crippen LogP contribution in [0, 0.1) is 0 Å². The number of para-hydroxylation sites is 2. The molecular weight excluding hydrogens is 320 g/mol. The highest BCUT2D eigenvalue weighted by molar-refractivity contribution is 5.84. The van der Waals surface area contributed by atoms with Crippen LogP contribution in [0.5, 0.6) is 5.75 Å². The van der Waals surface area contributed by atoms with Gasteiger partial charge >= 0.3 is 0 Å². The smallest absolute Gasteiger partial charge is 0.277 e. The number of benzene rings is 1. The molecule has 0 aromatic heterocycles. The van der Waals surface area contributed by atoms with E-state index in [0.29, 0.717) is 18.8 Å². The van der Waals surface area contributed by atoms with Gasteiger partial charge in [-0.1, -0.05) is 19.1 Å². The average molecular weight is 349 g/mol. The van der Waals surface area contributed by atoms with Crippen molar-refractivity contribution in [3.05, 3.63) is 24.3 Å². The van der Waals surface area contributed by atoms with Gasteiger partial charge in [-0.2, -0.15) is 0 Å². The molecule has 2 rings (SSSR count). The fourth-order valence-corrected chi connectivity index (χ4v) is 2.94. The molecule has 0 radical (unpaired) electrons. The van der Waals surface area contributed by atoms with Crippen LogP contribution in [0.15, 0.2) is 24.3 Å². The van der Waals surface area contributed by atoms with Crippen molar-refractivity contribution < 1.29 is 19.6 Å². The topological polar surface area (TPSA) is 77.3 Å². The van der Waals surface area contributed by atoms with E-state index >= 15 is 0 Å². The van der Waals surface area contributed by atoms with E-state index in [2.05, 4.69) is 10.2 Å². The van der Waals surface area contributed by atoms with Crippen molar-refractivity contribution in [3.8, 4) is 5.75 Å². The molecule has 1 aromatic rings. The molecule has 1 aliphatic heterocycles. The highest BCUT2D eigenvalue weighted by Crippen LogP contribution is 2.25. The third-order valence-electron chi connectivity index (χ3n) is 4.47. The Bertz CT molecular complexity index is 585. The molecule has 1 aromatic carbocycles. The molecule has 1 saturated heterocycles. The Morgan fingerprint density at radius 1 is 1.28 bits per heavy atom. The first-order valence-electron chi connectivity index (χ1n) is 8.88. The highest BCUT2D eigenvalue weighted by Gasteiger charge is 2.25. The minimum absolute atomic E-state index is 0.0161. The van der Waals surface area contributed by atoms with Crippen LogP contribution >= 0.6 is 0 Å². The van der Waals surface area contributed by atoms with Gasteiger partial charge in [0.15, 0.2) is 6.54 Å². The lowest BCUT2D eigenvalue weighted by atomic mass is 10.2. The van der Waals surface area contributed by atoms with Gasteiger partial charge in [0.25, 0.3) is 5.91 Å². The first-order valence-corrected chi connectivity index (χ1v) is 8.88. The van der Waals surface area contributed by atoms with E-state index in [1.807, 2.05) is 25.1 Å². The quantitative estimate of drug-likeness (QED) is 0.595. The Morgan fingerprint density at radius 3 is 2.60 bits per heavy atom. The van der Waals surface area contributed by atoms with Crippen molar-refractivity contribution in [3.63, 3.8) is 0 Å². The summed E-state index contributed by atoms with van der Waals surface area (Å²) in [5.41, 5.74) is 0.845. The van der Waals surface area contributed by atoms with E-state index in [1.165, 1.54) is 9.80 Å². The van der Waals surface area contributed by atoms with Crippen LogP contribution in [0.1, 0.15) is 13.3 Å². The van der Waals surface area contributed by atoms with Crippen molar-refractivity contribution >= 4 is 17.5 Å². The van der Waals surface area contributed by atoms with E-state index in [1.54, 1.807) is 13.1 Å². The Kier molecular flexibility index (Phi) is 7.06. The van der Waals surface area contributed by atoms with Gasteiger partial charge in [0.1, 0.15) is 5.75 Å². The number of quaternary nitrogens is 1. The van der Waals surface area contributed by atoms with Gasteiger partial charge in [-0.3, -0.25) is 9.59 Å². The Balaban J connectivity index is 1.76. The van der Waals surface area contributed by atoms with Crippen LogP contribution < -0.4 is 15.1 Å². The second kappa shape index (κ2) is 9.27. The lowest BCUT2D eigenvalue weighted by Crippen LogP contribution is -3.15. The number of phenols is 1. The normalized spacial score (nSPS) is 15.0. The number of nitrogens with zero attached hydrogens (tertiary/aromatic N) is 2. The molecule has 7 heteroatoms. The number of carbonyl (C=O) groups excluding carboxylic acids is 2. The van der Waals surface area contributed by atoms with Crippen molar-refractivity contribution in [2.75, 3.05) is 57.8 Å². The minimum atomic E-state index is -0.114. The summed E-state index contributed by atoms with van der Waals surface area (Å²) in [6.45, 7) is 6.38. The fourth-order valence-electron chi connectivity index (χ4n) is 2.94. The van der Waals surface area contributed by atoms with E-state index in [0.717, 1.165) is 38.3 Å². The van der Waals surface area contributed by atoms with Crippen LogP contribution in [0.25, 0.3) is 0 Å². The maximum Gasteiger partial charge on any atom is 0.277 e. The number of nitrogens with one attached hydrogen (secondary N) is 2. The number of carbonyl (C=O) groups is 2. The van der Waals surface area contributed by atoms with Gasteiger partial charge in [0.2, 0.25) is 5.91 Å². The zero-order valence-corrected chi connectivity index (χ0v) is 15.1. The zero-order chi connectivity index (χ0) is 18.2. The average Bonchev–Trinajstić information content (AvgIpc) is 2.61. The van der Waals surface area contributed by atoms with Crippen molar-refractivity contribution in [2.24, 2.45) is 0 Å². The summed E-state index contributed by atoms with van der Waals surface area (Å²) in [5, 5.41) is 12.7. The molecule has 2 amide bonds. The fraction of sp³-hybridized carbons (Fsp3) is 0.556. The Hall–Kier alpha value is -2.28. The summed E-state index contributed by atoms with van der Waals surface area (Å²) in [6.07, 6.45) is 0.884. The zero-order valence-electron chi connectivity index (χ0n) is 15.1. The molecule has 0 spiro atoms. The van der Waals surface area contributed by atoms with Crippen molar-refractivity contribution in [1.82, 2.24) is 10.2 Å². The second-order valence-corrected chi connectivity index (χ2v) is 6.50. The van der Waals surface area contributed by atoms with Crippen molar-refractivity contribution in [2.45, 2.75) is 13.3 Å². The molecular formula is C18H29N4O3+. The van der Waals surface area contributed by atoms with Crippen LogP contribution in [0.3, 0.4) is 0 Å². The molecule has 0 aliphatic carbocycles. The summed E-state index contributed by atoms with van der Waals surface area (Å²) in [4.78, 5) is 28.8. The summed E-state index contributed by atoms with van der Waals surface area (Å²) < 4.78 is 0. The van der Waals surface area contributed by atoms with Gasteiger partial charge in [-0.25, -0.2) is 0 Å². The lowest BCUT2D eigenvalue weighted by molar-refractivity contribution is -0.892. The molecule has 138 valence electrons. The molecule has 7 nitrogen and oxygen atoms in total. The molecule has 1 heterocycles. The molecule has 1 aliphatic rings. The van der Waals surface area contributed by atoms with Crippen LogP contribution in [-0.4, -0.2) is 74.7 Å². The van der Waals surface area contributed by atoms with E-state index in [9.17, 15) is 14.7 Å². The Morgan fingerprint density at radius 2 is 1.96 bits per heavy atom. The number of likely N-dealkylation sites (N-methyl/N-ethyl adjacent to an activating group) is 1. The molecule has 0 atom stereocenters. The van der Waals surface area contributed by atoms with Gasteiger partial charge < -0.3 is 25.1 Å². The first kappa shape index (κ1) is 19.1. The monoisotopic (exact) mass is 349 g/mol. The number of rotatable bonds is 7. The standard InChI is InChI=1S/C18H28N4O3/c1-3-8-19-17(24)13-20(2)18(25)14-21-9-11-22(12-10-21)15-6-4-5-7-16(15)23/h4-7,23H,3,8-14H2,1-2H3,(H,19,24)/p+1. The third kappa shape index (κ3) is 5.63. The van der Waals surface area contributed by atoms with Crippen LogP contribution in [0.2, 0.25) is 0 Å². The molecule has 0 bridgehead atoms. The number of hydrogen-bond donors (Lipinski definition) is 3.